The lowest BCUT2D eigenvalue weighted by atomic mass is 9.92. The molecule has 0 fully saturated rings. The Hall–Kier alpha value is -1.89. The van der Waals surface area contributed by atoms with Crippen LogP contribution in [0.25, 0.3) is 0 Å². The molecule has 0 heterocycles. The van der Waals surface area contributed by atoms with E-state index in [9.17, 15) is 13.2 Å². The van der Waals surface area contributed by atoms with Crippen LogP contribution in [-0.4, -0.2) is 32.8 Å². The van der Waals surface area contributed by atoms with Gasteiger partial charge >= 0.3 is 0 Å². The van der Waals surface area contributed by atoms with Crippen molar-refractivity contribution in [3.8, 4) is 0 Å². The maximum absolute atomic E-state index is 12.5. The molecule has 0 bridgehead atoms. The Morgan fingerprint density at radius 2 is 1.86 bits per heavy atom. The van der Waals surface area contributed by atoms with Gasteiger partial charge in [0.25, 0.3) is 0 Å². The Labute approximate surface area is 171 Å². The third-order valence-corrected chi connectivity index (χ3v) is 6.69. The van der Waals surface area contributed by atoms with E-state index in [0.29, 0.717) is 11.6 Å². The van der Waals surface area contributed by atoms with Crippen molar-refractivity contribution in [3.63, 3.8) is 0 Å². The minimum atomic E-state index is -3.62. The number of carbonyl (C=O) groups is 1. The lowest BCUT2D eigenvalue weighted by Crippen LogP contribution is -2.32. The highest BCUT2D eigenvalue weighted by molar-refractivity contribution is 7.89. The zero-order chi connectivity index (χ0) is 20.1. The number of aryl methyl sites for hydroxylation is 2. The highest BCUT2D eigenvalue weighted by Gasteiger charge is 2.18. The van der Waals surface area contributed by atoms with Gasteiger partial charge in [0.05, 0.1) is 4.90 Å². The van der Waals surface area contributed by atoms with E-state index in [4.69, 9.17) is 11.6 Å². The largest absolute Gasteiger partial charge is 0.341 e. The van der Waals surface area contributed by atoms with Crippen LogP contribution in [0.5, 0.6) is 0 Å². The first-order valence-electron chi connectivity index (χ1n) is 9.45. The molecule has 5 nitrogen and oxygen atoms in total. The van der Waals surface area contributed by atoms with Crippen molar-refractivity contribution in [1.29, 1.82) is 0 Å². The summed E-state index contributed by atoms with van der Waals surface area (Å²) < 4.78 is 27.6. The molecule has 3 rings (SSSR count). The van der Waals surface area contributed by atoms with Crippen molar-refractivity contribution in [2.45, 2.75) is 43.5 Å². The van der Waals surface area contributed by atoms with Crippen molar-refractivity contribution in [2.75, 3.05) is 13.6 Å². The van der Waals surface area contributed by atoms with Crippen LogP contribution in [0.15, 0.2) is 47.4 Å². The van der Waals surface area contributed by atoms with Crippen LogP contribution in [0.2, 0.25) is 5.02 Å². The van der Waals surface area contributed by atoms with Crippen LogP contribution < -0.4 is 4.72 Å². The fraction of sp³-hybridized carbons (Fsp3) is 0.381. The average molecular weight is 421 g/mol. The number of rotatable bonds is 7. The summed E-state index contributed by atoms with van der Waals surface area (Å²) in [7, 11) is -1.92. The topological polar surface area (TPSA) is 66.5 Å². The molecule has 0 saturated heterocycles. The average Bonchev–Trinajstić information content (AvgIpc) is 2.67. The first-order valence-corrected chi connectivity index (χ1v) is 11.3. The number of halogens is 1. The molecule has 1 N–H and O–H groups in total. The molecule has 2 aromatic rings. The van der Waals surface area contributed by atoms with E-state index in [0.717, 1.165) is 36.8 Å². The number of benzene rings is 2. The predicted molar refractivity (Wildman–Crippen MR) is 111 cm³/mol. The molecule has 0 aliphatic heterocycles. The quantitative estimate of drug-likeness (QED) is 0.744. The normalized spacial score (nSPS) is 13.8. The number of hydrogen-bond acceptors (Lipinski definition) is 3. The number of nitrogens with zero attached hydrogens (tertiary/aromatic N) is 1. The van der Waals surface area contributed by atoms with Crippen LogP contribution in [0.4, 0.5) is 0 Å². The van der Waals surface area contributed by atoms with E-state index in [2.05, 4.69) is 4.72 Å². The lowest BCUT2D eigenvalue weighted by molar-refractivity contribution is -0.130. The van der Waals surface area contributed by atoms with Crippen molar-refractivity contribution < 1.29 is 13.2 Å². The van der Waals surface area contributed by atoms with Gasteiger partial charge < -0.3 is 4.90 Å². The predicted octanol–water partition coefficient (Wildman–Crippen LogP) is 3.55. The van der Waals surface area contributed by atoms with Gasteiger partial charge in [0.1, 0.15) is 0 Å². The molecule has 0 unspecified atom stereocenters. The Kier molecular flexibility index (Phi) is 6.75. The summed E-state index contributed by atoms with van der Waals surface area (Å²) in [5.41, 5.74) is 3.28. The summed E-state index contributed by atoms with van der Waals surface area (Å²) >= 11 is 5.96. The molecule has 2 aromatic carbocycles. The summed E-state index contributed by atoms with van der Waals surface area (Å²) in [6.45, 7) is 0.495. The number of amides is 1. The molecule has 0 spiro atoms. The van der Waals surface area contributed by atoms with Crippen molar-refractivity contribution in [1.82, 2.24) is 9.62 Å². The number of carbonyl (C=O) groups excluding carboxylic acids is 1. The Morgan fingerprint density at radius 1 is 1.11 bits per heavy atom. The Balaban J connectivity index is 1.54. The highest BCUT2D eigenvalue weighted by atomic mass is 35.5. The van der Waals surface area contributed by atoms with Gasteiger partial charge in [-0.1, -0.05) is 29.8 Å². The SMILES string of the molecule is CN(Cc1cccc(Cl)c1)C(=O)CCNS(=O)(=O)c1ccc2c(c1)CCCC2. The number of hydrogen-bond donors (Lipinski definition) is 1. The van der Waals surface area contributed by atoms with Gasteiger partial charge in [-0.15, -0.1) is 0 Å². The van der Waals surface area contributed by atoms with Crippen LogP contribution in [0.3, 0.4) is 0 Å². The van der Waals surface area contributed by atoms with E-state index in [1.165, 1.54) is 5.56 Å². The summed E-state index contributed by atoms with van der Waals surface area (Å²) in [6.07, 6.45) is 4.28. The van der Waals surface area contributed by atoms with Crippen LogP contribution in [0, 0.1) is 0 Å². The zero-order valence-electron chi connectivity index (χ0n) is 15.9. The van der Waals surface area contributed by atoms with Crippen LogP contribution in [0.1, 0.15) is 36.0 Å². The van der Waals surface area contributed by atoms with Gasteiger partial charge in [-0.05, 0) is 66.6 Å². The number of fused-ring (bicyclic) bond motifs is 1. The molecule has 1 amide bonds. The van der Waals surface area contributed by atoms with E-state index >= 15 is 0 Å². The number of nitrogens with one attached hydrogen (secondary N) is 1. The summed E-state index contributed by atoms with van der Waals surface area (Å²) in [5, 5.41) is 0.621. The molecule has 0 saturated carbocycles. The van der Waals surface area contributed by atoms with E-state index in [-0.39, 0.29) is 23.8 Å². The molecule has 150 valence electrons. The van der Waals surface area contributed by atoms with Gasteiger partial charge in [0, 0.05) is 31.6 Å². The summed E-state index contributed by atoms with van der Waals surface area (Å²) in [5.74, 6) is -0.131. The maximum Gasteiger partial charge on any atom is 0.240 e. The lowest BCUT2D eigenvalue weighted by Gasteiger charge is -2.18. The zero-order valence-corrected chi connectivity index (χ0v) is 17.5. The fourth-order valence-electron chi connectivity index (χ4n) is 3.44. The monoisotopic (exact) mass is 420 g/mol. The van der Waals surface area contributed by atoms with E-state index in [1.807, 2.05) is 24.3 Å². The van der Waals surface area contributed by atoms with Crippen molar-refractivity contribution in [2.24, 2.45) is 0 Å². The van der Waals surface area contributed by atoms with Crippen LogP contribution in [-0.2, 0) is 34.2 Å². The third-order valence-electron chi connectivity index (χ3n) is 5.00. The molecule has 0 aromatic heterocycles. The Bertz CT molecular complexity index is 960. The molecule has 1 aliphatic rings. The molecule has 28 heavy (non-hydrogen) atoms. The third kappa shape index (κ3) is 5.34. The smallest absolute Gasteiger partial charge is 0.240 e. The minimum Gasteiger partial charge on any atom is -0.341 e. The van der Waals surface area contributed by atoms with Gasteiger partial charge in [-0.2, -0.15) is 0 Å². The second-order valence-electron chi connectivity index (χ2n) is 7.17. The second kappa shape index (κ2) is 9.07. The van der Waals surface area contributed by atoms with E-state index in [1.54, 1.807) is 30.1 Å². The molecule has 0 radical (unpaired) electrons. The fourth-order valence-corrected chi connectivity index (χ4v) is 4.74. The minimum absolute atomic E-state index is 0.0676. The molecular formula is C21H25ClN2O3S. The molecule has 7 heteroatoms. The summed E-state index contributed by atoms with van der Waals surface area (Å²) in [6, 6.07) is 12.7. The first kappa shape index (κ1) is 20.8. The van der Waals surface area contributed by atoms with Gasteiger partial charge in [0.15, 0.2) is 0 Å². The van der Waals surface area contributed by atoms with Gasteiger partial charge in [0.2, 0.25) is 15.9 Å². The van der Waals surface area contributed by atoms with Gasteiger partial charge in [-0.25, -0.2) is 13.1 Å². The number of sulfonamides is 1. The first-order chi connectivity index (χ1) is 13.3. The molecular weight excluding hydrogens is 396 g/mol. The van der Waals surface area contributed by atoms with Gasteiger partial charge in [-0.3, -0.25) is 4.79 Å². The highest BCUT2D eigenvalue weighted by Crippen LogP contribution is 2.24. The van der Waals surface area contributed by atoms with Crippen molar-refractivity contribution >= 4 is 27.5 Å². The van der Waals surface area contributed by atoms with Crippen molar-refractivity contribution in [3.05, 3.63) is 64.2 Å². The molecule has 0 atom stereocenters. The summed E-state index contributed by atoms with van der Waals surface area (Å²) in [4.78, 5) is 14.1. The molecule has 1 aliphatic carbocycles. The Morgan fingerprint density at radius 3 is 2.61 bits per heavy atom. The maximum atomic E-state index is 12.5. The van der Waals surface area contributed by atoms with Crippen LogP contribution >= 0.6 is 11.6 Å². The second-order valence-corrected chi connectivity index (χ2v) is 9.37. The standard InChI is InChI=1S/C21H25ClN2O3S/c1-24(15-16-5-4-8-19(22)13-16)21(25)11-12-23-28(26,27)20-10-9-17-6-2-3-7-18(17)14-20/h4-5,8-10,13-14,23H,2-3,6-7,11-12,15H2,1H3. The van der Waals surface area contributed by atoms with E-state index < -0.39 is 10.0 Å².